The summed E-state index contributed by atoms with van der Waals surface area (Å²) in [6, 6.07) is -1.34. The Hall–Kier alpha value is -3.35. The van der Waals surface area contributed by atoms with Crippen LogP contribution in [0.25, 0.3) is 0 Å². The van der Waals surface area contributed by atoms with Crippen LogP contribution >= 0.6 is 0 Å². The fourth-order valence-corrected chi connectivity index (χ4v) is 3.67. The number of nitrogens with one attached hydrogen (secondary N) is 1. The van der Waals surface area contributed by atoms with Crippen LogP contribution in [0.1, 0.15) is 77.6 Å². The number of unbranched alkanes of at least 4 members (excludes halogenated alkanes) is 1. The summed E-state index contributed by atoms with van der Waals surface area (Å²) in [7, 11) is 0. The van der Waals surface area contributed by atoms with Crippen LogP contribution in [0.5, 0.6) is 0 Å². The molecule has 0 rings (SSSR count). The highest BCUT2D eigenvalue weighted by Crippen LogP contribution is 2.20. The lowest BCUT2D eigenvalue weighted by Crippen LogP contribution is -2.45. The van der Waals surface area contributed by atoms with Gasteiger partial charge < -0.3 is 31.5 Å². The van der Waals surface area contributed by atoms with Crippen molar-refractivity contribution in [3.63, 3.8) is 0 Å². The Bertz CT molecular complexity index is 828. The van der Waals surface area contributed by atoms with Crippen LogP contribution in [0.15, 0.2) is 0 Å². The maximum absolute atomic E-state index is 13.0. The molecule has 0 unspecified atom stereocenters. The first-order chi connectivity index (χ1) is 17.3. The Morgan fingerprint density at radius 2 is 1.19 bits per heavy atom. The van der Waals surface area contributed by atoms with E-state index >= 15 is 0 Å². The number of carboxylic acids is 4. The first-order valence-electron chi connectivity index (χ1n) is 12.2. The molecule has 13 nitrogen and oxygen atoms in total. The molecule has 0 saturated heterocycles. The number of carboxylic acid groups (broad SMARTS) is 4. The van der Waals surface area contributed by atoms with E-state index in [2.05, 4.69) is 5.32 Å². The van der Waals surface area contributed by atoms with Crippen molar-refractivity contribution in [3.05, 3.63) is 0 Å². The molecule has 13 heteroatoms. The summed E-state index contributed by atoms with van der Waals surface area (Å²) in [6.07, 6.45) is -1.39. The Kier molecular flexibility index (Phi) is 16.4. The molecule has 0 bridgehead atoms. The number of carbonyl (C=O) groups is 7. The van der Waals surface area contributed by atoms with Crippen molar-refractivity contribution in [1.29, 1.82) is 0 Å². The molecule has 0 aromatic rings. The van der Waals surface area contributed by atoms with Gasteiger partial charge in [0, 0.05) is 43.9 Å². The normalized spacial score (nSPS) is 14.1. The van der Waals surface area contributed by atoms with Crippen molar-refractivity contribution in [1.82, 2.24) is 5.32 Å². The van der Waals surface area contributed by atoms with Gasteiger partial charge in [-0.25, -0.2) is 0 Å². The van der Waals surface area contributed by atoms with Crippen LogP contribution in [-0.4, -0.2) is 74.4 Å². The molecule has 4 atom stereocenters. The molecule has 0 aromatic carbocycles. The van der Waals surface area contributed by atoms with Crippen molar-refractivity contribution < 1.29 is 54.0 Å². The Labute approximate surface area is 214 Å². The highest BCUT2D eigenvalue weighted by atomic mass is 16.4. The van der Waals surface area contributed by atoms with Crippen molar-refractivity contribution >= 4 is 41.4 Å². The summed E-state index contributed by atoms with van der Waals surface area (Å²) in [5.41, 5.74) is 5.41. The van der Waals surface area contributed by atoms with Gasteiger partial charge in [0.1, 0.15) is 5.78 Å². The quantitative estimate of drug-likeness (QED) is 0.108. The van der Waals surface area contributed by atoms with E-state index in [1.165, 1.54) is 6.92 Å². The number of aliphatic carboxylic acids is 4. The van der Waals surface area contributed by atoms with E-state index in [1.807, 2.05) is 0 Å². The molecule has 0 aliphatic rings. The van der Waals surface area contributed by atoms with Crippen LogP contribution < -0.4 is 11.1 Å². The third-order valence-corrected chi connectivity index (χ3v) is 6.02. The molecule has 0 aliphatic heterocycles. The van der Waals surface area contributed by atoms with Gasteiger partial charge in [-0.1, -0.05) is 13.3 Å². The lowest BCUT2D eigenvalue weighted by Gasteiger charge is -2.23. The fourth-order valence-electron chi connectivity index (χ4n) is 3.67. The monoisotopic (exact) mass is 530 g/mol. The number of hydrogen-bond donors (Lipinski definition) is 6. The number of carbonyl (C=O) groups excluding carboxylic acids is 3. The lowest BCUT2D eigenvalue weighted by atomic mass is 9.88. The summed E-state index contributed by atoms with van der Waals surface area (Å²) in [5.74, 6) is -9.66. The van der Waals surface area contributed by atoms with Crippen molar-refractivity contribution in [2.75, 3.05) is 6.54 Å². The molecular formula is C24H38N2O11. The SMILES string of the molecule is C[C@H](CCC(=O)O)C(=O)C[C@H](CCC(=O)O)C(=O)N[C@H](CCC(=O)O)C(=O)C[C@H](CCCCN)C(=O)O. The van der Waals surface area contributed by atoms with E-state index in [9.17, 15) is 38.7 Å². The van der Waals surface area contributed by atoms with Crippen LogP contribution in [0.4, 0.5) is 0 Å². The molecule has 0 spiro atoms. The average Bonchev–Trinajstić information content (AvgIpc) is 2.81. The standard InChI is InChI=1S/C24H38N2O11/c1-14(5-8-20(29)30)18(27)12-15(6-9-21(31)32)23(35)26-17(7-10-22(33)34)19(28)13-16(24(36)37)4-2-3-11-25/h14-17H,2-13,25H2,1H3,(H,26,35)(H,29,30)(H,31,32)(H,33,34)(H,36,37)/t14-,15+,16+,17-/m1/s1. The molecule has 210 valence electrons. The highest BCUT2D eigenvalue weighted by Gasteiger charge is 2.31. The topological polar surface area (TPSA) is 238 Å². The molecule has 0 aliphatic carbocycles. The zero-order chi connectivity index (χ0) is 28.5. The third kappa shape index (κ3) is 15.4. The second kappa shape index (κ2) is 18.0. The van der Waals surface area contributed by atoms with E-state index in [0.717, 1.165) is 0 Å². The third-order valence-electron chi connectivity index (χ3n) is 6.02. The summed E-state index contributed by atoms with van der Waals surface area (Å²) >= 11 is 0. The molecule has 37 heavy (non-hydrogen) atoms. The zero-order valence-electron chi connectivity index (χ0n) is 21.0. The van der Waals surface area contributed by atoms with E-state index in [0.29, 0.717) is 19.4 Å². The van der Waals surface area contributed by atoms with Gasteiger partial charge in [-0.05, 0) is 38.6 Å². The average molecular weight is 531 g/mol. The highest BCUT2D eigenvalue weighted by molar-refractivity contribution is 5.94. The fraction of sp³-hybridized carbons (Fsp3) is 0.708. The van der Waals surface area contributed by atoms with Crippen LogP contribution in [0.3, 0.4) is 0 Å². The molecule has 0 saturated carbocycles. The van der Waals surface area contributed by atoms with Crippen molar-refractivity contribution in [3.8, 4) is 0 Å². The van der Waals surface area contributed by atoms with Crippen LogP contribution in [0, 0.1) is 17.8 Å². The molecular weight excluding hydrogens is 492 g/mol. The second-order valence-corrected chi connectivity index (χ2v) is 9.12. The van der Waals surface area contributed by atoms with Gasteiger partial charge in [0.2, 0.25) is 5.91 Å². The van der Waals surface area contributed by atoms with Gasteiger partial charge >= 0.3 is 23.9 Å². The van der Waals surface area contributed by atoms with E-state index in [4.69, 9.17) is 21.1 Å². The van der Waals surface area contributed by atoms with Crippen molar-refractivity contribution in [2.45, 2.75) is 83.6 Å². The number of nitrogens with two attached hydrogens (primary N) is 1. The summed E-state index contributed by atoms with van der Waals surface area (Å²) in [6.45, 7) is 1.84. The Morgan fingerprint density at radius 3 is 1.70 bits per heavy atom. The van der Waals surface area contributed by atoms with E-state index in [1.54, 1.807) is 0 Å². The summed E-state index contributed by atoms with van der Waals surface area (Å²) in [4.78, 5) is 82.9. The minimum absolute atomic E-state index is 0.0297. The smallest absolute Gasteiger partial charge is 0.306 e. The second-order valence-electron chi connectivity index (χ2n) is 9.12. The minimum atomic E-state index is -1.34. The van der Waals surface area contributed by atoms with Gasteiger partial charge in [-0.15, -0.1) is 0 Å². The van der Waals surface area contributed by atoms with Crippen molar-refractivity contribution in [2.24, 2.45) is 23.5 Å². The first-order valence-corrected chi connectivity index (χ1v) is 12.2. The number of rotatable bonds is 22. The number of hydrogen-bond acceptors (Lipinski definition) is 8. The van der Waals surface area contributed by atoms with Gasteiger partial charge in [0.25, 0.3) is 0 Å². The summed E-state index contributed by atoms with van der Waals surface area (Å²) < 4.78 is 0. The minimum Gasteiger partial charge on any atom is -0.481 e. The number of Topliss-reactive ketones (excluding diaryl/α,β-unsaturated/α-hetero) is 2. The van der Waals surface area contributed by atoms with Gasteiger partial charge in [0.15, 0.2) is 5.78 Å². The van der Waals surface area contributed by atoms with E-state index in [-0.39, 0.29) is 32.1 Å². The zero-order valence-corrected chi connectivity index (χ0v) is 21.0. The van der Waals surface area contributed by atoms with Gasteiger partial charge in [-0.2, -0.15) is 0 Å². The molecule has 0 fully saturated rings. The van der Waals surface area contributed by atoms with Crippen LogP contribution in [0.2, 0.25) is 0 Å². The number of ketones is 2. The Morgan fingerprint density at radius 1 is 0.676 bits per heavy atom. The molecule has 0 aromatic heterocycles. The lowest BCUT2D eigenvalue weighted by molar-refractivity contribution is -0.145. The maximum atomic E-state index is 13.0. The van der Waals surface area contributed by atoms with E-state index < -0.39 is 90.8 Å². The molecule has 7 N–H and O–H groups in total. The maximum Gasteiger partial charge on any atom is 0.306 e. The van der Waals surface area contributed by atoms with Gasteiger partial charge in [0.05, 0.1) is 12.0 Å². The van der Waals surface area contributed by atoms with Crippen LogP contribution in [-0.2, 0) is 33.6 Å². The largest absolute Gasteiger partial charge is 0.481 e. The number of amides is 1. The molecule has 1 amide bonds. The molecule has 0 heterocycles. The molecule has 0 radical (unpaired) electrons. The van der Waals surface area contributed by atoms with Gasteiger partial charge in [-0.3, -0.25) is 33.6 Å². The predicted molar refractivity (Wildman–Crippen MR) is 128 cm³/mol. The first kappa shape index (κ1) is 33.7. The predicted octanol–water partition coefficient (Wildman–Crippen LogP) is 1.07. The summed E-state index contributed by atoms with van der Waals surface area (Å²) in [5, 5.41) is 38.7. The Balaban J connectivity index is 5.59.